The Morgan fingerprint density at radius 2 is 1.74 bits per heavy atom. The standard InChI is InChI=1S/C27H34N4O3/c1-23(2)15-9-10-25(23,5)19(13-15)30-22(32)27-12-11-26(6,24(27,3)4)20-21(27)29-18-14-16(31(33)34)7-8-17(18)28-20/h7-8,14-15,19H,9-13H2,1-6H3,(H,30,32). The molecule has 34 heavy (non-hydrogen) atoms. The van der Waals surface area contributed by atoms with Crippen LogP contribution in [0.4, 0.5) is 5.69 Å². The van der Waals surface area contributed by atoms with Crippen LogP contribution in [0.2, 0.25) is 0 Å². The summed E-state index contributed by atoms with van der Waals surface area (Å²) in [6, 6.07) is 4.79. The van der Waals surface area contributed by atoms with Gasteiger partial charge in [-0.1, -0.05) is 41.5 Å². The van der Waals surface area contributed by atoms with Crippen LogP contribution < -0.4 is 5.32 Å². The van der Waals surface area contributed by atoms with Crippen LogP contribution in [-0.2, 0) is 15.6 Å². The minimum atomic E-state index is -0.786. The molecule has 1 aromatic carbocycles. The Hall–Kier alpha value is -2.57. The fourth-order valence-electron chi connectivity index (χ4n) is 8.41. The molecule has 3 saturated carbocycles. The largest absolute Gasteiger partial charge is 0.352 e. The quantitative estimate of drug-likeness (QED) is 0.499. The summed E-state index contributed by atoms with van der Waals surface area (Å²) in [5, 5.41) is 14.9. The Kier molecular flexibility index (Phi) is 3.97. The van der Waals surface area contributed by atoms with Crippen LogP contribution in [0, 0.1) is 32.3 Å². The van der Waals surface area contributed by atoms with E-state index in [2.05, 4.69) is 46.9 Å². The van der Waals surface area contributed by atoms with Crippen molar-refractivity contribution in [2.75, 3.05) is 0 Å². The van der Waals surface area contributed by atoms with E-state index in [4.69, 9.17) is 9.97 Å². The lowest BCUT2D eigenvalue weighted by Crippen LogP contribution is -2.56. The number of carbonyl (C=O) groups is 1. The Labute approximate surface area is 200 Å². The molecule has 7 heteroatoms. The Bertz CT molecular complexity index is 1290. The summed E-state index contributed by atoms with van der Waals surface area (Å²) in [7, 11) is 0. The number of hydrogen-bond donors (Lipinski definition) is 1. The highest BCUT2D eigenvalue weighted by atomic mass is 16.6. The van der Waals surface area contributed by atoms with Crippen LogP contribution in [0.3, 0.4) is 0 Å². The van der Waals surface area contributed by atoms with Gasteiger partial charge in [-0.25, -0.2) is 9.97 Å². The molecule has 2 aromatic rings. The second-order valence-electron chi connectivity index (χ2n) is 12.8. The lowest BCUT2D eigenvalue weighted by Gasteiger charge is -2.43. The lowest BCUT2D eigenvalue weighted by molar-refractivity contribution is -0.384. The maximum absolute atomic E-state index is 14.4. The average molecular weight is 463 g/mol. The molecule has 180 valence electrons. The second-order valence-corrected chi connectivity index (χ2v) is 12.8. The molecule has 4 aliphatic carbocycles. The first kappa shape index (κ1) is 21.9. The van der Waals surface area contributed by atoms with Crippen LogP contribution in [0.1, 0.15) is 85.0 Å². The molecule has 4 aliphatic rings. The predicted molar refractivity (Wildman–Crippen MR) is 129 cm³/mol. The summed E-state index contributed by atoms with van der Waals surface area (Å²) in [6.07, 6.45) is 5.02. The van der Waals surface area contributed by atoms with Gasteiger partial charge in [-0.3, -0.25) is 14.9 Å². The summed E-state index contributed by atoms with van der Waals surface area (Å²) >= 11 is 0. The van der Waals surface area contributed by atoms with Crippen molar-refractivity contribution in [3.05, 3.63) is 39.7 Å². The van der Waals surface area contributed by atoms with Gasteiger partial charge in [0.2, 0.25) is 5.91 Å². The molecule has 0 aliphatic heterocycles. The third kappa shape index (κ3) is 2.18. The number of nitrogens with one attached hydrogen (secondary N) is 1. The molecule has 1 amide bonds. The minimum Gasteiger partial charge on any atom is -0.352 e. The monoisotopic (exact) mass is 462 g/mol. The van der Waals surface area contributed by atoms with Crippen molar-refractivity contribution in [2.45, 2.75) is 90.5 Å². The number of carbonyl (C=O) groups excluding carboxylic acids is 1. The van der Waals surface area contributed by atoms with Gasteiger partial charge in [-0.05, 0) is 60.3 Å². The van der Waals surface area contributed by atoms with Crippen molar-refractivity contribution in [1.29, 1.82) is 0 Å². The predicted octanol–water partition coefficient (Wildman–Crippen LogP) is 5.20. The van der Waals surface area contributed by atoms with E-state index in [-0.39, 0.29) is 39.3 Å². The number of rotatable bonds is 3. The molecule has 5 unspecified atom stereocenters. The van der Waals surface area contributed by atoms with Crippen LogP contribution in [0.25, 0.3) is 11.0 Å². The molecule has 5 atom stereocenters. The summed E-state index contributed by atoms with van der Waals surface area (Å²) in [4.78, 5) is 35.2. The molecule has 0 saturated heterocycles. The zero-order valence-electron chi connectivity index (χ0n) is 21.0. The van der Waals surface area contributed by atoms with Gasteiger partial charge in [0.1, 0.15) is 0 Å². The van der Waals surface area contributed by atoms with E-state index in [9.17, 15) is 14.9 Å². The number of hydrogen-bond acceptors (Lipinski definition) is 5. The molecule has 0 spiro atoms. The molecule has 7 nitrogen and oxygen atoms in total. The van der Waals surface area contributed by atoms with Crippen molar-refractivity contribution < 1.29 is 9.72 Å². The van der Waals surface area contributed by atoms with Crippen molar-refractivity contribution >= 4 is 22.6 Å². The van der Waals surface area contributed by atoms with E-state index in [1.807, 2.05) is 0 Å². The summed E-state index contributed by atoms with van der Waals surface area (Å²) in [5.74, 6) is 0.705. The van der Waals surface area contributed by atoms with Crippen molar-refractivity contribution in [2.24, 2.45) is 22.2 Å². The normalized spacial score (nSPS) is 38.3. The maximum atomic E-state index is 14.4. The summed E-state index contributed by atoms with van der Waals surface area (Å²) in [6.45, 7) is 13.6. The maximum Gasteiger partial charge on any atom is 0.271 e. The highest BCUT2D eigenvalue weighted by Gasteiger charge is 2.74. The Morgan fingerprint density at radius 1 is 1.03 bits per heavy atom. The van der Waals surface area contributed by atoms with Crippen LogP contribution in [-0.4, -0.2) is 26.8 Å². The van der Waals surface area contributed by atoms with E-state index in [1.54, 1.807) is 6.07 Å². The van der Waals surface area contributed by atoms with Gasteiger partial charge >= 0.3 is 0 Å². The van der Waals surface area contributed by atoms with Crippen molar-refractivity contribution in [3.63, 3.8) is 0 Å². The second kappa shape index (κ2) is 6.16. The van der Waals surface area contributed by atoms with Crippen molar-refractivity contribution in [3.8, 4) is 0 Å². The molecule has 1 N–H and O–H groups in total. The van der Waals surface area contributed by atoms with Gasteiger partial charge in [0.15, 0.2) is 0 Å². The summed E-state index contributed by atoms with van der Waals surface area (Å²) < 4.78 is 0. The zero-order valence-corrected chi connectivity index (χ0v) is 21.0. The number of aromatic nitrogens is 2. The van der Waals surface area contributed by atoms with Gasteiger partial charge in [-0.2, -0.15) is 0 Å². The van der Waals surface area contributed by atoms with Gasteiger partial charge in [0.05, 0.1) is 32.8 Å². The van der Waals surface area contributed by atoms with Gasteiger partial charge in [-0.15, -0.1) is 0 Å². The first-order valence-corrected chi connectivity index (χ1v) is 12.6. The number of benzene rings is 1. The number of nitro benzene ring substituents is 1. The number of fused-ring (bicyclic) bond motifs is 8. The fourth-order valence-corrected chi connectivity index (χ4v) is 8.41. The van der Waals surface area contributed by atoms with Crippen LogP contribution >= 0.6 is 0 Å². The fraction of sp³-hybridized carbons (Fsp3) is 0.667. The van der Waals surface area contributed by atoms with Crippen LogP contribution in [0.5, 0.6) is 0 Å². The van der Waals surface area contributed by atoms with Crippen molar-refractivity contribution in [1.82, 2.24) is 15.3 Å². The minimum absolute atomic E-state index is 0.00832. The smallest absolute Gasteiger partial charge is 0.271 e. The highest BCUT2D eigenvalue weighted by Crippen LogP contribution is 2.71. The molecule has 3 fully saturated rings. The summed E-state index contributed by atoms with van der Waals surface area (Å²) in [5.41, 5.74) is 1.61. The Balaban J connectivity index is 1.47. The van der Waals surface area contributed by atoms with E-state index in [0.717, 1.165) is 37.1 Å². The Morgan fingerprint density at radius 3 is 2.35 bits per heavy atom. The topological polar surface area (TPSA) is 98.0 Å². The van der Waals surface area contributed by atoms with E-state index in [0.29, 0.717) is 17.0 Å². The average Bonchev–Trinajstić information content (AvgIpc) is 3.26. The number of non-ortho nitro benzene ring substituents is 1. The van der Waals surface area contributed by atoms with E-state index >= 15 is 0 Å². The highest BCUT2D eigenvalue weighted by molar-refractivity contribution is 5.93. The van der Waals surface area contributed by atoms with Crippen LogP contribution in [0.15, 0.2) is 18.2 Å². The third-order valence-corrected chi connectivity index (χ3v) is 11.7. The lowest BCUT2D eigenvalue weighted by atomic mass is 9.63. The first-order valence-electron chi connectivity index (χ1n) is 12.6. The van der Waals surface area contributed by atoms with E-state index in [1.165, 1.54) is 18.6 Å². The molecular formula is C27H34N4O3. The molecule has 0 radical (unpaired) electrons. The first-order chi connectivity index (χ1) is 15.8. The van der Waals surface area contributed by atoms with Gasteiger partial charge in [0, 0.05) is 23.6 Å². The SMILES string of the molecule is CC12CCC(C(=O)NC3CC4CCC3(C)C4(C)C)(c3nc4cc([N+](=O)[O-])ccc4nc31)C2(C)C. The number of nitro groups is 1. The van der Waals surface area contributed by atoms with Gasteiger partial charge < -0.3 is 5.32 Å². The third-order valence-electron chi connectivity index (χ3n) is 11.7. The molecule has 4 bridgehead atoms. The molecule has 1 aromatic heterocycles. The van der Waals surface area contributed by atoms with Gasteiger partial charge in [0.25, 0.3) is 5.69 Å². The van der Waals surface area contributed by atoms with E-state index < -0.39 is 10.3 Å². The molecule has 1 heterocycles. The zero-order chi connectivity index (χ0) is 24.5. The number of amides is 1. The molecular weight excluding hydrogens is 428 g/mol. The molecule has 6 rings (SSSR count). The number of nitrogens with zero attached hydrogens (tertiary/aromatic N) is 3.